The Morgan fingerprint density at radius 2 is 2.11 bits per heavy atom. The van der Waals surface area contributed by atoms with Crippen LogP contribution < -0.4 is 16.6 Å². The zero-order valence-electron chi connectivity index (χ0n) is 22.9. The molecule has 6 N–H and O–H groups in total. The molecule has 3 unspecified atom stereocenters. The molecule has 210 valence electrons. The maximum atomic E-state index is 11.6. The molecule has 0 fully saturated rings. The highest BCUT2D eigenvalue weighted by Gasteiger charge is 2.35. The van der Waals surface area contributed by atoms with Crippen molar-refractivity contribution < 1.29 is 13.8 Å². The molecule has 0 aromatic heterocycles. The summed E-state index contributed by atoms with van der Waals surface area (Å²) in [6, 6.07) is 5.58. The van der Waals surface area contributed by atoms with Crippen LogP contribution in [0.1, 0.15) is 51.7 Å². The molecule has 0 saturated carbocycles. The van der Waals surface area contributed by atoms with E-state index in [1.807, 2.05) is 12.1 Å². The van der Waals surface area contributed by atoms with Crippen LogP contribution in [0.2, 0.25) is 5.02 Å². The van der Waals surface area contributed by atoms with Gasteiger partial charge in [0.15, 0.2) is 0 Å². The Kier molecular flexibility index (Phi) is 10.8. The van der Waals surface area contributed by atoms with Crippen molar-refractivity contribution in [3.05, 3.63) is 81.2 Å². The van der Waals surface area contributed by atoms with Gasteiger partial charge >= 0.3 is 0 Å². The largest absolute Gasteiger partial charge is 0.487 e. The lowest BCUT2D eigenvalue weighted by molar-refractivity contribution is 0.184. The predicted molar refractivity (Wildman–Crippen MR) is 159 cm³/mol. The molecule has 8 nitrogen and oxygen atoms in total. The first-order valence-electron chi connectivity index (χ1n) is 13.1. The Bertz CT molecular complexity index is 1130. The average molecular weight is 564 g/mol. The van der Waals surface area contributed by atoms with Crippen molar-refractivity contribution in [3.8, 4) is 0 Å². The number of nitrogens with zero attached hydrogens (tertiary/aromatic N) is 2. The normalized spacial score (nSPS) is 21.1. The van der Waals surface area contributed by atoms with Crippen molar-refractivity contribution in [1.82, 2.24) is 15.0 Å². The van der Waals surface area contributed by atoms with Crippen molar-refractivity contribution in [3.63, 3.8) is 0 Å². The van der Waals surface area contributed by atoms with Crippen molar-refractivity contribution >= 4 is 28.2 Å². The molecule has 0 spiro atoms. The van der Waals surface area contributed by atoms with Gasteiger partial charge in [0, 0.05) is 29.7 Å². The predicted octanol–water partition coefficient (Wildman–Crippen LogP) is 6.15. The van der Waals surface area contributed by atoms with Crippen LogP contribution >= 0.6 is 22.4 Å². The smallest absolute Gasteiger partial charge is 0.142 e. The van der Waals surface area contributed by atoms with Crippen molar-refractivity contribution in [2.24, 2.45) is 28.6 Å². The van der Waals surface area contributed by atoms with Gasteiger partial charge in [-0.25, -0.2) is 5.84 Å². The summed E-state index contributed by atoms with van der Waals surface area (Å²) >= 11 is 6.60. The summed E-state index contributed by atoms with van der Waals surface area (Å²) < 4.78 is 31.4. The first-order chi connectivity index (χ1) is 18.2. The maximum Gasteiger partial charge on any atom is 0.142 e. The van der Waals surface area contributed by atoms with Crippen LogP contribution in [0.5, 0.6) is 0 Å². The van der Waals surface area contributed by atoms with Gasteiger partial charge in [0.1, 0.15) is 18.2 Å². The number of hydrogen-bond acceptors (Lipinski definition) is 7. The van der Waals surface area contributed by atoms with Gasteiger partial charge in [0.25, 0.3) is 0 Å². The van der Waals surface area contributed by atoms with Gasteiger partial charge in [-0.1, -0.05) is 74.7 Å². The zero-order valence-corrected chi connectivity index (χ0v) is 24.5. The van der Waals surface area contributed by atoms with E-state index in [1.165, 1.54) is 0 Å². The minimum absolute atomic E-state index is 0.216. The topological polar surface area (TPSA) is 115 Å². The summed E-state index contributed by atoms with van der Waals surface area (Å²) in [5, 5.41) is 3.64. The lowest BCUT2D eigenvalue weighted by Crippen LogP contribution is -2.36. The third kappa shape index (κ3) is 6.95. The van der Waals surface area contributed by atoms with Crippen LogP contribution in [-0.2, 0) is 11.3 Å². The van der Waals surface area contributed by atoms with Gasteiger partial charge in [-0.3, -0.25) is 18.4 Å². The van der Waals surface area contributed by atoms with Crippen molar-refractivity contribution in [1.29, 1.82) is 0 Å². The summed E-state index contributed by atoms with van der Waals surface area (Å²) in [7, 11) is -1.64. The number of halogens is 1. The molecule has 38 heavy (non-hydrogen) atoms. The summed E-state index contributed by atoms with van der Waals surface area (Å²) in [4.78, 5) is 4.67. The minimum Gasteiger partial charge on any atom is -0.487 e. The number of benzene rings is 1. The third-order valence-corrected chi connectivity index (χ3v) is 9.43. The molecule has 0 radical (unpaired) electrons. The number of hydrogen-bond donors (Lipinski definition) is 5. The Hall–Kier alpha value is -2.43. The van der Waals surface area contributed by atoms with Crippen molar-refractivity contribution in [2.75, 3.05) is 20.1 Å². The Morgan fingerprint density at radius 3 is 2.68 bits per heavy atom. The number of rotatable bonds is 11. The number of hydrazine groups is 1. The molecule has 1 aromatic carbocycles. The summed E-state index contributed by atoms with van der Waals surface area (Å²) in [6.45, 7) is 9.62. The van der Waals surface area contributed by atoms with E-state index < -0.39 is 10.8 Å². The highest BCUT2D eigenvalue weighted by atomic mass is 35.5. The first-order valence-corrected chi connectivity index (χ1v) is 15.0. The molecule has 1 aromatic rings. The molecule has 1 heterocycles. The molecule has 3 rings (SSSR count). The molecule has 1 aliphatic carbocycles. The molecular formula is C28H42ClN5O3S. The number of amidine groups is 1. The summed E-state index contributed by atoms with van der Waals surface area (Å²) in [5.74, 6) is 7.46. The molecule has 2 aliphatic rings. The first kappa shape index (κ1) is 30.1. The number of aliphatic imine (C=N–C) groups is 1. The van der Waals surface area contributed by atoms with Gasteiger partial charge in [-0.2, -0.15) is 0 Å². The molecule has 0 bridgehead atoms. The summed E-state index contributed by atoms with van der Waals surface area (Å²) in [6.07, 6.45) is 11.5. The molecular weight excluding hydrogens is 522 g/mol. The monoisotopic (exact) mass is 563 g/mol. The van der Waals surface area contributed by atoms with E-state index in [2.05, 4.69) is 55.6 Å². The fourth-order valence-electron chi connectivity index (χ4n) is 4.47. The van der Waals surface area contributed by atoms with Gasteiger partial charge in [0.2, 0.25) is 0 Å². The van der Waals surface area contributed by atoms with E-state index in [-0.39, 0.29) is 24.4 Å². The van der Waals surface area contributed by atoms with E-state index in [0.29, 0.717) is 40.3 Å². The maximum absolute atomic E-state index is 11.6. The SMILES string of the molecule is CCC(C)CN(C1=CC(C)C(CC)C=C1OCc1ccc(C(=NC)NN)cc1Cl)S(O)(O)C1=CC=CNC1. The third-order valence-electron chi connectivity index (χ3n) is 7.13. The van der Waals surface area contributed by atoms with Crippen LogP contribution in [0, 0.1) is 17.8 Å². The van der Waals surface area contributed by atoms with Gasteiger partial charge in [-0.15, -0.1) is 0 Å². The zero-order chi connectivity index (χ0) is 27.9. The Balaban J connectivity index is 1.96. The number of ether oxygens (including phenoxy) is 1. The second kappa shape index (κ2) is 13.6. The highest BCUT2D eigenvalue weighted by Crippen LogP contribution is 2.55. The highest BCUT2D eigenvalue weighted by molar-refractivity contribution is 8.25. The van der Waals surface area contributed by atoms with Crippen LogP contribution in [-0.4, -0.2) is 39.4 Å². The lowest BCUT2D eigenvalue weighted by Gasteiger charge is -2.49. The number of nitrogens with one attached hydrogen (secondary N) is 2. The number of nitrogens with two attached hydrogens (primary N) is 1. The fourth-order valence-corrected chi connectivity index (χ4v) is 6.42. The average Bonchev–Trinajstić information content (AvgIpc) is 2.92. The number of dihydropyridines is 1. The van der Waals surface area contributed by atoms with Gasteiger partial charge in [0.05, 0.1) is 17.1 Å². The molecule has 0 saturated heterocycles. The second-order valence-corrected chi connectivity index (χ2v) is 12.2. The quantitative estimate of drug-likeness (QED) is 0.0948. The molecule has 1 aliphatic heterocycles. The van der Waals surface area contributed by atoms with E-state index >= 15 is 0 Å². The number of allylic oxidation sites excluding steroid dienone is 4. The standard InChI is InChI=1S/C28H42ClN5O3S/c1-6-19(3)17-34(38(35,36)24-9-8-12-32-16-24)26-13-20(4)21(7-2)15-27(26)37-18-23-11-10-22(14-25(23)29)28(31-5)33-30/h8-15,19-21,32,35-36H,6-7,16-18,30H2,1-5H3,(H,31,33). The Labute approximate surface area is 233 Å². The molecule has 10 heteroatoms. The van der Waals surface area contributed by atoms with Gasteiger partial charge in [-0.05, 0) is 54.7 Å². The molecule has 3 atom stereocenters. The van der Waals surface area contributed by atoms with Crippen LogP contribution in [0.3, 0.4) is 0 Å². The Morgan fingerprint density at radius 1 is 1.34 bits per heavy atom. The van der Waals surface area contributed by atoms with Crippen LogP contribution in [0.15, 0.2) is 70.1 Å². The second-order valence-electron chi connectivity index (χ2n) is 9.79. The van der Waals surface area contributed by atoms with E-state index in [1.54, 1.807) is 35.8 Å². The van der Waals surface area contributed by atoms with E-state index in [9.17, 15) is 9.11 Å². The summed E-state index contributed by atoms with van der Waals surface area (Å²) in [5.41, 5.74) is 4.86. The van der Waals surface area contributed by atoms with Gasteiger partial charge < -0.3 is 15.5 Å². The van der Waals surface area contributed by atoms with E-state index in [0.717, 1.165) is 24.0 Å². The minimum atomic E-state index is -3.29. The molecule has 0 amide bonds. The lowest BCUT2D eigenvalue weighted by atomic mass is 9.86. The van der Waals surface area contributed by atoms with Crippen LogP contribution in [0.25, 0.3) is 0 Å². The fraction of sp³-hybridized carbons (Fsp3) is 0.464. The van der Waals surface area contributed by atoms with E-state index in [4.69, 9.17) is 22.2 Å². The van der Waals surface area contributed by atoms with Crippen molar-refractivity contribution in [2.45, 2.75) is 47.1 Å². The van der Waals surface area contributed by atoms with Crippen LogP contribution in [0.4, 0.5) is 0 Å².